The fourth-order valence-electron chi connectivity index (χ4n) is 8.35. The highest BCUT2D eigenvalue weighted by Crippen LogP contribution is 2.59. The Labute approximate surface area is 276 Å². The Hall–Kier alpha value is -4.08. The highest BCUT2D eigenvalue weighted by molar-refractivity contribution is 9.10. The first kappa shape index (κ1) is 28.4. The second-order valence-electron chi connectivity index (χ2n) is 14.1. The lowest BCUT2D eigenvalue weighted by Gasteiger charge is -2.34. The van der Waals surface area contributed by atoms with E-state index in [2.05, 4.69) is 172 Å². The molecular formula is C42H37BBrN. The molecule has 3 heteroatoms. The van der Waals surface area contributed by atoms with Crippen molar-refractivity contribution in [1.82, 2.24) is 0 Å². The molecule has 0 N–H and O–H groups in total. The van der Waals surface area contributed by atoms with Crippen molar-refractivity contribution in [2.45, 2.75) is 44.4 Å². The molecule has 2 unspecified atom stereocenters. The Morgan fingerprint density at radius 3 is 2.16 bits per heavy atom. The Morgan fingerprint density at radius 1 is 0.800 bits per heavy atom. The van der Waals surface area contributed by atoms with Crippen molar-refractivity contribution in [3.05, 3.63) is 154 Å². The van der Waals surface area contributed by atoms with Gasteiger partial charge >= 0.3 is 0 Å². The zero-order valence-electron chi connectivity index (χ0n) is 26.7. The van der Waals surface area contributed by atoms with Crippen LogP contribution >= 0.6 is 15.9 Å². The quantitative estimate of drug-likeness (QED) is 0.176. The Balaban J connectivity index is 1.28. The van der Waals surface area contributed by atoms with E-state index < -0.39 is 0 Å². The summed E-state index contributed by atoms with van der Waals surface area (Å²) in [5.41, 5.74) is 14.5. The molecule has 1 nitrogen and oxygen atoms in total. The molecule has 8 rings (SSSR count). The van der Waals surface area contributed by atoms with Gasteiger partial charge in [-0.1, -0.05) is 116 Å². The van der Waals surface area contributed by atoms with Crippen molar-refractivity contribution in [2.75, 3.05) is 4.90 Å². The molecule has 2 atom stereocenters. The second kappa shape index (κ2) is 9.96. The van der Waals surface area contributed by atoms with E-state index in [1.54, 1.807) is 0 Å². The van der Waals surface area contributed by atoms with Crippen LogP contribution in [0, 0.1) is 5.92 Å². The van der Waals surface area contributed by atoms with Gasteiger partial charge in [-0.3, -0.25) is 0 Å². The molecule has 220 valence electrons. The summed E-state index contributed by atoms with van der Waals surface area (Å²) in [7, 11) is 2.15. The van der Waals surface area contributed by atoms with Crippen molar-refractivity contribution in [1.29, 1.82) is 0 Å². The standard InChI is InChI=1S/C42H37BBrN/c1-6-25-21-39-40(33-10-8-7-9-31(25)33)35-24-37-34(23-38(35)42(39,4)5)32-20-19-30(22-36(32)41(37,2)3)45(28-15-11-26(43)12-16-28)29-17-13-27(44)14-18-29/h6-24,32,36H,1,43H2,2-5H3. The number of benzene rings is 5. The minimum atomic E-state index is -0.0904. The number of hydrogen-bond donors (Lipinski definition) is 0. The average Bonchev–Trinajstić information content (AvgIpc) is 3.40. The summed E-state index contributed by atoms with van der Waals surface area (Å²) in [5, 5.41) is 2.61. The van der Waals surface area contributed by atoms with Gasteiger partial charge in [0, 0.05) is 32.9 Å². The van der Waals surface area contributed by atoms with Crippen LogP contribution in [-0.4, -0.2) is 7.85 Å². The molecular weight excluding hydrogens is 609 g/mol. The highest BCUT2D eigenvalue weighted by atomic mass is 79.9. The van der Waals surface area contributed by atoms with Crippen molar-refractivity contribution in [3.8, 4) is 11.1 Å². The number of hydrogen-bond acceptors (Lipinski definition) is 1. The normalized spacial score (nSPS) is 19.8. The minimum absolute atomic E-state index is 0.0343. The summed E-state index contributed by atoms with van der Waals surface area (Å²) in [5.74, 6) is 0.690. The van der Waals surface area contributed by atoms with E-state index in [1.807, 2.05) is 6.08 Å². The fourth-order valence-corrected chi connectivity index (χ4v) is 8.62. The maximum Gasteiger partial charge on any atom is 0.139 e. The molecule has 0 saturated heterocycles. The lowest BCUT2D eigenvalue weighted by molar-refractivity contribution is 0.392. The van der Waals surface area contributed by atoms with E-state index in [4.69, 9.17) is 0 Å². The van der Waals surface area contributed by atoms with Gasteiger partial charge in [-0.25, -0.2) is 0 Å². The van der Waals surface area contributed by atoms with Gasteiger partial charge in [0.05, 0.1) is 0 Å². The van der Waals surface area contributed by atoms with Crippen molar-refractivity contribution in [3.63, 3.8) is 0 Å². The summed E-state index contributed by atoms with van der Waals surface area (Å²) in [6.45, 7) is 13.9. The van der Waals surface area contributed by atoms with Crippen LogP contribution in [0.1, 0.15) is 61.4 Å². The maximum atomic E-state index is 4.16. The smallest absolute Gasteiger partial charge is 0.139 e. The topological polar surface area (TPSA) is 3.24 Å². The van der Waals surface area contributed by atoms with Gasteiger partial charge in [0.1, 0.15) is 7.85 Å². The first-order valence-electron chi connectivity index (χ1n) is 16.0. The van der Waals surface area contributed by atoms with Crippen LogP contribution in [0.15, 0.2) is 126 Å². The lowest BCUT2D eigenvalue weighted by atomic mass is 9.73. The van der Waals surface area contributed by atoms with E-state index in [0.29, 0.717) is 11.8 Å². The molecule has 5 aromatic carbocycles. The van der Waals surface area contributed by atoms with Crippen LogP contribution in [0.4, 0.5) is 11.4 Å². The van der Waals surface area contributed by atoms with E-state index in [-0.39, 0.29) is 10.8 Å². The Kier molecular flexibility index (Phi) is 6.29. The predicted molar refractivity (Wildman–Crippen MR) is 199 cm³/mol. The summed E-state index contributed by atoms with van der Waals surface area (Å²) < 4.78 is 1.08. The molecule has 0 saturated carbocycles. The van der Waals surface area contributed by atoms with Crippen LogP contribution in [-0.2, 0) is 10.8 Å². The van der Waals surface area contributed by atoms with Crippen LogP contribution in [0.5, 0.6) is 0 Å². The van der Waals surface area contributed by atoms with Gasteiger partial charge in [0.15, 0.2) is 0 Å². The molecule has 3 aliphatic carbocycles. The van der Waals surface area contributed by atoms with Crippen LogP contribution in [0.2, 0.25) is 0 Å². The number of rotatable bonds is 4. The Bertz CT molecular complexity index is 2050. The Morgan fingerprint density at radius 2 is 1.47 bits per heavy atom. The molecule has 0 heterocycles. The van der Waals surface area contributed by atoms with E-state index in [9.17, 15) is 0 Å². The van der Waals surface area contributed by atoms with Gasteiger partial charge in [0.25, 0.3) is 0 Å². The molecule has 0 fully saturated rings. The molecule has 0 bridgehead atoms. The fraction of sp³-hybridized carbons (Fsp3) is 0.190. The monoisotopic (exact) mass is 645 g/mol. The van der Waals surface area contributed by atoms with Gasteiger partial charge in [-0.05, 0) is 116 Å². The third-order valence-corrected chi connectivity index (χ3v) is 11.4. The number of fused-ring (bicyclic) bond motifs is 8. The predicted octanol–water partition coefficient (Wildman–Crippen LogP) is 10.1. The number of nitrogens with zero attached hydrogens (tertiary/aromatic N) is 1. The van der Waals surface area contributed by atoms with E-state index in [0.717, 1.165) is 10.2 Å². The van der Waals surface area contributed by atoms with Crippen LogP contribution < -0.4 is 10.4 Å². The molecule has 0 aromatic heterocycles. The summed E-state index contributed by atoms with van der Waals surface area (Å²) in [6.07, 6.45) is 9.38. The minimum Gasteiger partial charge on any atom is -0.311 e. The number of allylic oxidation sites excluding steroid dienone is 3. The largest absolute Gasteiger partial charge is 0.311 e. The molecule has 0 aliphatic heterocycles. The summed E-state index contributed by atoms with van der Waals surface area (Å²) >= 11 is 3.63. The maximum absolute atomic E-state index is 4.16. The molecule has 0 radical (unpaired) electrons. The average molecular weight is 646 g/mol. The van der Waals surface area contributed by atoms with E-state index >= 15 is 0 Å². The van der Waals surface area contributed by atoms with Gasteiger partial charge in [0.2, 0.25) is 0 Å². The molecule has 0 amide bonds. The van der Waals surface area contributed by atoms with Crippen molar-refractivity contribution >= 4 is 57.5 Å². The third-order valence-electron chi connectivity index (χ3n) is 10.8. The van der Waals surface area contributed by atoms with Gasteiger partial charge in [-0.15, -0.1) is 0 Å². The molecule has 5 aromatic rings. The molecule has 45 heavy (non-hydrogen) atoms. The SMILES string of the molecule is Bc1ccc(N(C2=CC3C(C=C2)c2cc4c(cc2C3(C)C)-c2c(cc(C=C)c3ccccc23)C4(C)C)c2ccc(Br)cc2)cc1. The molecule has 3 aliphatic rings. The summed E-state index contributed by atoms with van der Waals surface area (Å²) in [6, 6.07) is 33.9. The van der Waals surface area contributed by atoms with Crippen molar-refractivity contribution in [2.24, 2.45) is 5.92 Å². The number of halogens is 1. The first-order valence-corrected chi connectivity index (χ1v) is 16.8. The molecule has 0 spiro atoms. The first-order chi connectivity index (χ1) is 21.6. The summed E-state index contributed by atoms with van der Waals surface area (Å²) in [4.78, 5) is 2.40. The van der Waals surface area contributed by atoms with Crippen LogP contribution in [0.25, 0.3) is 28.0 Å². The zero-order chi connectivity index (χ0) is 31.2. The number of anilines is 2. The van der Waals surface area contributed by atoms with Gasteiger partial charge < -0.3 is 4.90 Å². The third kappa shape index (κ3) is 4.13. The van der Waals surface area contributed by atoms with Crippen molar-refractivity contribution < 1.29 is 0 Å². The second-order valence-corrected chi connectivity index (χ2v) is 15.0. The lowest BCUT2D eigenvalue weighted by Crippen LogP contribution is -2.28. The highest BCUT2D eigenvalue weighted by Gasteiger charge is 2.48. The zero-order valence-corrected chi connectivity index (χ0v) is 28.2. The van der Waals surface area contributed by atoms with E-state index in [1.165, 1.54) is 66.6 Å². The van der Waals surface area contributed by atoms with Crippen LogP contribution in [0.3, 0.4) is 0 Å². The van der Waals surface area contributed by atoms with Gasteiger partial charge in [-0.2, -0.15) is 0 Å².